The Labute approximate surface area is 262 Å². The molecular formula is C38H81NO2. The van der Waals surface area contributed by atoms with Crippen LogP contribution in [0.15, 0.2) is 24.3 Å². The van der Waals surface area contributed by atoms with Crippen LogP contribution in [0.2, 0.25) is 0 Å². The van der Waals surface area contributed by atoms with Gasteiger partial charge in [0, 0.05) is 19.8 Å². The summed E-state index contributed by atoms with van der Waals surface area (Å²) >= 11 is 0. The Hall–Kier alpha value is -1.35. The van der Waals surface area contributed by atoms with E-state index in [1.54, 1.807) is 0 Å². The summed E-state index contributed by atoms with van der Waals surface area (Å²) in [4.78, 5) is 9.99. The molecule has 0 aliphatic carbocycles. The third-order valence-electron chi connectivity index (χ3n) is 5.89. The van der Waals surface area contributed by atoms with Crippen LogP contribution in [0.5, 0.6) is 0 Å². The molecule has 0 aromatic heterocycles. The Morgan fingerprint density at radius 1 is 0.659 bits per heavy atom. The van der Waals surface area contributed by atoms with Gasteiger partial charge in [-0.2, -0.15) is 0 Å². The molecule has 0 radical (unpaired) electrons. The van der Waals surface area contributed by atoms with Crippen molar-refractivity contribution in [3.8, 4) is 0 Å². The van der Waals surface area contributed by atoms with Crippen LogP contribution in [0, 0.1) is 11.8 Å². The summed E-state index contributed by atoms with van der Waals surface area (Å²) < 4.78 is 5.36. The molecule has 41 heavy (non-hydrogen) atoms. The maximum atomic E-state index is 9.99. The van der Waals surface area contributed by atoms with E-state index >= 15 is 0 Å². The zero-order chi connectivity index (χ0) is 33.2. The van der Waals surface area contributed by atoms with Crippen LogP contribution in [-0.4, -0.2) is 19.6 Å². The first-order valence-corrected chi connectivity index (χ1v) is 17.6. The minimum absolute atomic E-state index is 0.619. The van der Waals surface area contributed by atoms with E-state index in [1.807, 2.05) is 39.8 Å². The molecule has 0 saturated heterocycles. The summed E-state index contributed by atoms with van der Waals surface area (Å²) in [5.74, 6) is 1.71. The van der Waals surface area contributed by atoms with Gasteiger partial charge in [-0.15, -0.1) is 0 Å². The summed E-state index contributed by atoms with van der Waals surface area (Å²) in [5.41, 5.74) is 2.46. The molecule has 3 heteroatoms. The minimum Gasteiger partial charge on any atom is -0.381 e. The van der Waals surface area contributed by atoms with Gasteiger partial charge in [0.1, 0.15) is 0 Å². The van der Waals surface area contributed by atoms with Gasteiger partial charge in [0.05, 0.1) is 0 Å². The highest BCUT2D eigenvalue weighted by Crippen LogP contribution is 2.06. The van der Waals surface area contributed by atoms with Crippen molar-refractivity contribution in [1.82, 2.24) is 5.32 Å². The first kappa shape index (κ1) is 52.3. The van der Waals surface area contributed by atoms with E-state index in [0.717, 1.165) is 43.5 Å². The van der Waals surface area contributed by atoms with Gasteiger partial charge >= 0.3 is 0 Å². The Morgan fingerprint density at radius 3 is 1.39 bits per heavy atom. The maximum absolute atomic E-state index is 9.99. The molecule has 0 spiro atoms. The van der Waals surface area contributed by atoms with Crippen LogP contribution in [0.25, 0.3) is 0 Å². The van der Waals surface area contributed by atoms with Gasteiger partial charge in [-0.05, 0) is 42.2 Å². The number of benzene rings is 1. The van der Waals surface area contributed by atoms with Gasteiger partial charge in [0.25, 0.3) is 0 Å². The fourth-order valence-corrected chi connectivity index (χ4v) is 2.29. The number of aryl methyl sites for hydroxylation is 1. The van der Waals surface area contributed by atoms with E-state index in [1.165, 1.54) is 63.4 Å². The van der Waals surface area contributed by atoms with E-state index in [-0.39, 0.29) is 0 Å². The third-order valence-corrected chi connectivity index (χ3v) is 5.89. The van der Waals surface area contributed by atoms with Gasteiger partial charge in [0.15, 0.2) is 0 Å². The lowest BCUT2D eigenvalue weighted by Gasteiger charge is -2.07. The Bertz CT molecular complexity index is 494. The average Bonchev–Trinajstić information content (AvgIpc) is 3.04. The van der Waals surface area contributed by atoms with Crippen LogP contribution in [-0.2, 0) is 22.5 Å². The second-order valence-corrected chi connectivity index (χ2v) is 10.1. The van der Waals surface area contributed by atoms with Crippen molar-refractivity contribution in [2.75, 3.05) is 13.2 Å². The summed E-state index contributed by atoms with van der Waals surface area (Å²) in [5, 5.41) is 2.62. The monoisotopic (exact) mass is 584 g/mol. The Balaban J connectivity index is -0.0000000954. The van der Waals surface area contributed by atoms with Crippen molar-refractivity contribution in [2.45, 2.75) is 181 Å². The molecule has 1 unspecified atom stereocenters. The highest BCUT2D eigenvalue weighted by molar-refractivity contribution is 5.46. The van der Waals surface area contributed by atoms with Crippen molar-refractivity contribution < 1.29 is 9.53 Å². The number of ether oxygens (including phenoxy) is 1. The van der Waals surface area contributed by atoms with Gasteiger partial charge in [-0.25, -0.2) is 0 Å². The average molecular weight is 584 g/mol. The van der Waals surface area contributed by atoms with Crippen LogP contribution in [0.4, 0.5) is 0 Å². The number of carbonyl (C=O) groups is 1. The summed E-state index contributed by atoms with van der Waals surface area (Å²) in [6, 6.07) is 8.24. The highest BCUT2D eigenvalue weighted by atomic mass is 16.5. The number of hydrogen-bond acceptors (Lipinski definition) is 2. The van der Waals surface area contributed by atoms with Gasteiger partial charge in [-0.1, -0.05) is 179 Å². The lowest BCUT2D eigenvalue weighted by atomic mass is 10.1. The smallest absolute Gasteiger partial charge is 0.207 e. The quantitative estimate of drug-likeness (QED) is 0.165. The number of amides is 1. The van der Waals surface area contributed by atoms with E-state index in [0.29, 0.717) is 13.0 Å². The lowest BCUT2D eigenvalue weighted by molar-refractivity contribution is -0.109. The van der Waals surface area contributed by atoms with Crippen LogP contribution >= 0.6 is 0 Å². The van der Waals surface area contributed by atoms with E-state index < -0.39 is 0 Å². The van der Waals surface area contributed by atoms with Crippen molar-refractivity contribution >= 4 is 6.41 Å². The first-order valence-electron chi connectivity index (χ1n) is 17.6. The fraction of sp³-hybridized carbons (Fsp3) is 0.816. The molecule has 1 amide bonds. The predicted molar refractivity (Wildman–Crippen MR) is 192 cm³/mol. The molecule has 1 aromatic rings. The molecule has 1 rings (SSSR count). The molecular weight excluding hydrogens is 502 g/mol. The van der Waals surface area contributed by atoms with Crippen molar-refractivity contribution in [1.29, 1.82) is 0 Å². The molecule has 0 aliphatic heterocycles. The van der Waals surface area contributed by atoms with E-state index in [2.05, 4.69) is 93.6 Å². The third kappa shape index (κ3) is 63.2. The highest BCUT2D eigenvalue weighted by Gasteiger charge is 1.96. The van der Waals surface area contributed by atoms with Crippen molar-refractivity contribution in [2.24, 2.45) is 11.8 Å². The molecule has 1 N–H and O–H groups in total. The molecule has 3 nitrogen and oxygen atoms in total. The molecule has 0 bridgehead atoms. The summed E-state index contributed by atoms with van der Waals surface area (Å²) in [6.45, 7) is 34.7. The molecule has 1 aromatic carbocycles. The largest absolute Gasteiger partial charge is 0.381 e. The van der Waals surface area contributed by atoms with Crippen molar-refractivity contribution in [3.05, 3.63) is 35.4 Å². The summed E-state index contributed by atoms with van der Waals surface area (Å²) in [6.07, 6.45) is 14.9. The molecule has 0 saturated carbocycles. The zero-order valence-electron chi connectivity index (χ0n) is 31.3. The van der Waals surface area contributed by atoms with E-state index in [9.17, 15) is 4.79 Å². The fourth-order valence-electron chi connectivity index (χ4n) is 2.29. The normalized spacial score (nSPS) is 9.56. The molecule has 0 heterocycles. The molecule has 250 valence electrons. The van der Waals surface area contributed by atoms with Crippen LogP contribution in [0.3, 0.4) is 0 Å². The first-order chi connectivity index (χ1) is 19.8. The van der Waals surface area contributed by atoms with Gasteiger partial charge in [0.2, 0.25) is 6.41 Å². The SMILES string of the molecule is CC.CC.CCC(C)C.CCCC.CCCCCC.CCCOCCC(C)CC.CCc1ccc(CNC=O)cc1. The number of nitrogens with one attached hydrogen (secondary N) is 1. The van der Waals surface area contributed by atoms with Crippen LogP contribution < -0.4 is 5.32 Å². The number of hydrogen-bond donors (Lipinski definition) is 1. The number of unbranched alkanes of at least 4 members (excludes halogenated alkanes) is 4. The molecule has 0 aliphatic rings. The number of carbonyl (C=O) groups excluding carboxylic acids is 1. The lowest BCUT2D eigenvalue weighted by Crippen LogP contribution is -2.09. The minimum atomic E-state index is 0.619. The standard InChI is InChI=1S/C10H13NO.C9H20O.C6H14.C5H12.C4H10.2C2H6/c1-2-9-3-5-10(6-4-9)7-11-8-12;1-4-7-10-8-6-9(3)5-2;1-3-5-6-4-2;1-4-5(2)3;1-3-4-2;2*1-2/h3-6,8H,2,7H2,1H3,(H,11,12);9H,4-8H2,1-3H3;3-6H2,1-2H3;5H,4H2,1-3H3;3-4H2,1-2H3;2*1-2H3. The second kappa shape index (κ2) is 54.7. The zero-order valence-corrected chi connectivity index (χ0v) is 31.3. The Morgan fingerprint density at radius 2 is 1.10 bits per heavy atom. The van der Waals surface area contributed by atoms with Gasteiger partial charge < -0.3 is 10.1 Å². The second-order valence-electron chi connectivity index (χ2n) is 10.1. The van der Waals surface area contributed by atoms with Crippen LogP contribution in [0.1, 0.15) is 179 Å². The van der Waals surface area contributed by atoms with E-state index in [4.69, 9.17) is 4.74 Å². The summed E-state index contributed by atoms with van der Waals surface area (Å²) in [7, 11) is 0. The predicted octanol–water partition coefficient (Wildman–Crippen LogP) is 12.8. The number of rotatable bonds is 15. The maximum Gasteiger partial charge on any atom is 0.207 e. The molecule has 1 atom stereocenters. The molecule has 0 fully saturated rings. The topological polar surface area (TPSA) is 38.3 Å². The van der Waals surface area contributed by atoms with Gasteiger partial charge in [-0.3, -0.25) is 4.79 Å². The Kier molecular flexibility index (Phi) is 69.8. The van der Waals surface area contributed by atoms with Crippen molar-refractivity contribution in [3.63, 3.8) is 0 Å².